The predicted octanol–water partition coefficient (Wildman–Crippen LogP) is 1.21. The molecule has 21 heavy (non-hydrogen) atoms. The number of carboxylic acid groups (broad SMARTS) is 1. The number of rotatable bonds is 1. The van der Waals surface area contributed by atoms with E-state index in [0.717, 1.165) is 32.5 Å². The fourth-order valence-electron chi connectivity index (χ4n) is 4.04. The first-order valence-corrected chi connectivity index (χ1v) is 8.12. The second kappa shape index (κ2) is 5.83. The molecule has 6 heteroatoms. The number of likely N-dealkylation sites (tertiary alicyclic amines) is 1. The molecule has 0 aromatic rings. The van der Waals surface area contributed by atoms with Gasteiger partial charge in [0.25, 0.3) is 0 Å². The highest BCUT2D eigenvalue weighted by molar-refractivity contribution is 5.83. The van der Waals surface area contributed by atoms with Gasteiger partial charge in [0.2, 0.25) is 0 Å². The van der Waals surface area contributed by atoms with E-state index in [1.165, 1.54) is 12.8 Å². The molecule has 3 atom stereocenters. The standard InChI is InChI=1S/C15H25N3O3/c1-11-9-16-7-3-2-5-12(16)10-18(11)15(21)17-8-4-6-13(17)14(19)20/h11-13H,2-10H2,1H3,(H,19,20). The van der Waals surface area contributed by atoms with Gasteiger partial charge in [0.15, 0.2) is 0 Å². The highest BCUT2D eigenvalue weighted by atomic mass is 16.4. The lowest BCUT2D eigenvalue weighted by Gasteiger charge is -2.48. The molecule has 3 aliphatic rings. The number of fused-ring (bicyclic) bond motifs is 1. The average Bonchev–Trinajstić information content (AvgIpc) is 2.95. The van der Waals surface area contributed by atoms with Crippen LogP contribution in [0.2, 0.25) is 0 Å². The van der Waals surface area contributed by atoms with Crippen molar-refractivity contribution in [1.82, 2.24) is 14.7 Å². The van der Waals surface area contributed by atoms with Crippen LogP contribution in [0, 0.1) is 0 Å². The van der Waals surface area contributed by atoms with Crippen LogP contribution in [0.25, 0.3) is 0 Å². The first kappa shape index (κ1) is 14.6. The number of piperidine rings is 1. The van der Waals surface area contributed by atoms with Crippen LogP contribution >= 0.6 is 0 Å². The molecule has 6 nitrogen and oxygen atoms in total. The van der Waals surface area contributed by atoms with Crippen LogP contribution in [0.3, 0.4) is 0 Å². The van der Waals surface area contributed by atoms with Crippen LogP contribution < -0.4 is 0 Å². The van der Waals surface area contributed by atoms with Crippen LogP contribution in [0.15, 0.2) is 0 Å². The summed E-state index contributed by atoms with van der Waals surface area (Å²) >= 11 is 0. The minimum absolute atomic E-state index is 0.0716. The van der Waals surface area contributed by atoms with E-state index < -0.39 is 12.0 Å². The monoisotopic (exact) mass is 295 g/mol. The third-order valence-electron chi connectivity index (χ3n) is 5.22. The summed E-state index contributed by atoms with van der Waals surface area (Å²) in [6.45, 7) is 5.46. The van der Waals surface area contributed by atoms with Gasteiger partial charge >= 0.3 is 12.0 Å². The van der Waals surface area contributed by atoms with E-state index in [2.05, 4.69) is 11.8 Å². The van der Waals surface area contributed by atoms with Crippen molar-refractivity contribution < 1.29 is 14.7 Å². The number of hydrogen-bond donors (Lipinski definition) is 1. The van der Waals surface area contributed by atoms with Gasteiger partial charge in [-0.05, 0) is 39.2 Å². The molecule has 0 saturated carbocycles. The number of aliphatic carboxylic acids is 1. The number of piperazine rings is 1. The number of carbonyl (C=O) groups is 2. The summed E-state index contributed by atoms with van der Waals surface area (Å²) in [4.78, 5) is 30.0. The molecule has 0 aliphatic carbocycles. The average molecular weight is 295 g/mol. The Balaban J connectivity index is 1.70. The molecule has 3 heterocycles. The van der Waals surface area contributed by atoms with Gasteiger partial charge in [-0.3, -0.25) is 4.90 Å². The van der Waals surface area contributed by atoms with Gasteiger partial charge < -0.3 is 14.9 Å². The Labute approximate surface area is 125 Å². The SMILES string of the molecule is CC1CN2CCCCC2CN1C(=O)N1CCCC1C(=O)O. The van der Waals surface area contributed by atoms with E-state index >= 15 is 0 Å². The zero-order valence-corrected chi connectivity index (χ0v) is 12.7. The van der Waals surface area contributed by atoms with Crippen molar-refractivity contribution in [3.8, 4) is 0 Å². The van der Waals surface area contributed by atoms with Gasteiger partial charge in [-0.25, -0.2) is 9.59 Å². The van der Waals surface area contributed by atoms with E-state index in [-0.39, 0.29) is 12.1 Å². The van der Waals surface area contributed by atoms with Crippen molar-refractivity contribution in [3.05, 3.63) is 0 Å². The van der Waals surface area contributed by atoms with Gasteiger partial charge in [-0.15, -0.1) is 0 Å². The predicted molar refractivity (Wildman–Crippen MR) is 78.1 cm³/mol. The number of urea groups is 1. The van der Waals surface area contributed by atoms with Crippen molar-refractivity contribution in [2.75, 3.05) is 26.2 Å². The number of carboxylic acids is 1. The Kier molecular flexibility index (Phi) is 4.06. The normalized spacial score (nSPS) is 33.9. The van der Waals surface area contributed by atoms with Crippen LogP contribution in [0.4, 0.5) is 4.79 Å². The lowest BCUT2D eigenvalue weighted by Crippen LogP contribution is -2.62. The Bertz CT molecular complexity index is 428. The van der Waals surface area contributed by atoms with Crippen LogP contribution in [0.5, 0.6) is 0 Å². The van der Waals surface area contributed by atoms with Crippen molar-refractivity contribution in [2.24, 2.45) is 0 Å². The fourth-order valence-corrected chi connectivity index (χ4v) is 4.04. The van der Waals surface area contributed by atoms with Gasteiger partial charge in [0.1, 0.15) is 6.04 Å². The summed E-state index contributed by atoms with van der Waals surface area (Å²) in [5.41, 5.74) is 0. The zero-order valence-electron chi connectivity index (χ0n) is 12.7. The molecule has 3 saturated heterocycles. The van der Waals surface area contributed by atoms with Gasteiger partial charge in [0.05, 0.1) is 0 Å². The van der Waals surface area contributed by atoms with E-state index in [9.17, 15) is 14.7 Å². The Morgan fingerprint density at radius 2 is 1.81 bits per heavy atom. The fraction of sp³-hybridized carbons (Fsp3) is 0.867. The summed E-state index contributed by atoms with van der Waals surface area (Å²) in [6.07, 6.45) is 5.02. The Morgan fingerprint density at radius 1 is 1.00 bits per heavy atom. The molecule has 0 radical (unpaired) electrons. The van der Waals surface area contributed by atoms with Crippen molar-refractivity contribution >= 4 is 12.0 Å². The molecule has 118 valence electrons. The van der Waals surface area contributed by atoms with Gasteiger partial charge in [0, 0.05) is 31.7 Å². The molecule has 0 aromatic carbocycles. The molecule has 1 N–H and O–H groups in total. The Morgan fingerprint density at radius 3 is 2.57 bits per heavy atom. The van der Waals surface area contributed by atoms with Crippen LogP contribution in [0.1, 0.15) is 39.0 Å². The van der Waals surface area contributed by atoms with Crippen molar-refractivity contribution in [3.63, 3.8) is 0 Å². The molecular weight excluding hydrogens is 270 g/mol. The Hall–Kier alpha value is -1.30. The van der Waals surface area contributed by atoms with Crippen molar-refractivity contribution in [1.29, 1.82) is 0 Å². The third kappa shape index (κ3) is 2.73. The van der Waals surface area contributed by atoms with E-state index in [1.807, 2.05) is 4.90 Å². The quantitative estimate of drug-likeness (QED) is 0.790. The van der Waals surface area contributed by atoms with Gasteiger partial charge in [-0.1, -0.05) is 6.42 Å². The molecule has 0 aromatic heterocycles. The minimum atomic E-state index is -0.871. The number of nitrogens with zero attached hydrogens (tertiary/aromatic N) is 3. The van der Waals surface area contributed by atoms with E-state index in [4.69, 9.17) is 0 Å². The molecule has 0 bridgehead atoms. The summed E-state index contributed by atoms with van der Waals surface area (Å²) in [5, 5.41) is 9.26. The van der Waals surface area contributed by atoms with Crippen LogP contribution in [-0.2, 0) is 4.79 Å². The third-order valence-corrected chi connectivity index (χ3v) is 5.22. The van der Waals surface area contributed by atoms with E-state index in [0.29, 0.717) is 19.0 Å². The maximum absolute atomic E-state index is 12.8. The smallest absolute Gasteiger partial charge is 0.326 e. The summed E-state index contributed by atoms with van der Waals surface area (Å²) in [6, 6.07) is -0.0709. The maximum atomic E-state index is 12.8. The van der Waals surface area contributed by atoms with Crippen molar-refractivity contribution in [2.45, 2.75) is 57.2 Å². The molecule has 2 amide bonds. The first-order valence-electron chi connectivity index (χ1n) is 8.12. The van der Waals surface area contributed by atoms with Crippen LogP contribution in [-0.4, -0.2) is 76.1 Å². The van der Waals surface area contributed by atoms with E-state index in [1.54, 1.807) is 4.90 Å². The second-order valence-corrected chi connectivity index (χ2v) is 6.62. The molecule has 3 rings (SSSR count). The highest BCUT2D eigenvalue weighted by Gasteiger charge is 2.41. The summed E-state index contributed by atoms with van der Waals surface area (Å²) in [5.74, 6) is -0.871. The molecular formula is C15H25N3O3. The molecule has 3 unspecified atom stereocenters. The largest absolute Gasteiger partial charge is 0.480 e. The lowest BCUT2D eigenvalue weighted by atomic mass is 9.97. The lowest BCUT2D eigenvalue weighted by molar-refractivity contribution is -0.141. The molecule has 0 spiro atoms. The molecule has 3 aliphatic heterocycles. The topological polar surface area (TPSA) is 64.1 Å². The highest BCUT2D eigenvalue weighted by Crippen LogP contribution is 2.27. The van der Waals surface area contributed by atoms with Gasteiger partial charge in [-0.2, -0.15) is 0 Å². The zero-order chi connectivity index (χ0) is 15.0. The summed E-state index contributed by atoms with van der Waals surface area (Å²) in [7, 11) is 0. The maximum Gasteiger partial charge on any atom is 0.326 e. The minimum Gasteiger partial charge on any atom is -0.480 e. The first-order chi connectivity index (χ1) is 10.1. The second-order valence-electron chi connectivity index (χ2n) is 6.62. The summed E-state index contributed by atoms with van der Waals surface area (Å²) < 4.78 is 0. The number of hydrogen-bond acceptors (Lipinski definition) is 3. The number of amides is 2. The number of carbonyl (C=O) groups excluding carboxylic acids is 1. The molecule has 3 fully saturated rings.